The van der Waals surface area contributed by atoms with Crippen molar-refractivity contribution in [2.24, 2.45) is 0 Å². The maximum atomic E-state index is 11.6. The quantitative estimate of drug-likeness (QED) is 0.629. The minimum Gasteiger partial charge on any atom is -0.495 e. The summed E-state index contributed by atoms with van der Waals surface area (Å²) in [7, 11) is 5.34. The van der Waals surface area contributed by atoms with Gasteiger partial charge >= 0.3 is 0 Å². The van der Waals surface area contributed by atoms with E-state index in [-0.39, 0.29) is 0 Å². The highest BCUT2D eigenvalue weighted by Crippen LogP contribution is 2.33. The first-order chi connectivity index (χ1) is 13.5. The van der Waals surface area contributed by atoms with Crippen LogP contribution in [-0.4, -0.2) is 32.5 Å². The van der Waals surface area contributed by atoms with E-state index in [0.29, 0.717) is 45.0 Å². The lowest BCUT2D eigenvalue weighted by molar-refractivity contribution is 0.112. The van der Waals surface area contributed by atoms with E-state index in [4.69, 9.17) is 16.3 Å². The second-order valence-electron chi connectivity index (χ2n) is 6.43. The number of nitriles is 1. The van der Waals surface area contributed by atoms with Gasteiger partial charge in [-0.1, -0.05) is 17.7 Å². The lowest BCUT2D eigenvalue weighted by atomic mass is 10.0. The van der Waals surface area contributed by atoms with Crippen LogP contribution in [0.25, 0.3) is 10.9 Å². The Hall–Kier alpha value is -3.30. The van der Waals surface area contributed by atoms with Gasteiger partial charge in [-0.05, 0) is 29.8 Å². The molecule has 0 spiro atoms. The van der Waals surface area contributed by atoms with Crippen LogP contribution in [-0.2, 0) is 6.54 Å². The second kappa shape index (κ2) is 8.15. The third-order valence-electron chi connectivity index (χ3n) is 4.40. The average molecular weight is 395 g/mol. The molecule has 0 bridgehead atoms. The Morgan fingerprint density at radius 1 is 1.32 bits per heavy atom. The summed E-state index contributed by atoms with van der Waals surface area (Å²) < 4.78 is 5.18. The molecule has 0 aliphatic heterocycles. The van der Waals surface area contributed by atoms with E-state index in [1.54, 1.807) is 25.3 Å². The Balaban J connectivity index is 2.08. The number of anilines is 2. The fraction of sp³-hybridized carbons (Fsp3) is 0.190. The van der Waals surface area contributed by atoms with Gasteiger partial charge in [0.1, 0.15) is 5.75 Å². The zero-order valence-electron chi connectivity index (χ0n) is 15.8. The highest BCUT2D eigenvalue weighted by Gasteiger charge is 2.14. The number of hydrogen-bond donors (Lipinski definition) is 1. The molecule has 0 atom stereocenters. The second-order valence-corrected chi connectivity index (χ2v) is 6.83. The molecule has 0 aliphatic rings. The van der Waals surface area contributed by atoms with E-state index in [9.17, 15) is 10.1 Å². The van der Waals surface area contributed by atoms with Gasteiger partial charge in [-0.2, -0.15) is 5.26 Å². The molecular formula is C21H19ClN4O2. The van der Waals surface area contributed by atoms with Gasteiger partial charge in [-0.25, -0.2) is 0 Å². The number of ether oxygens (including phenoxy) is 1. The Bertz CT molecular complexity index is 1090. The van der Waals surface area contributed by atoms with Crippen LogP contribution in [0.5, 0.6) is 5.75 Å². The molecular weight excluding hydrogens is 376 g/mol. The van der Waals surface area contributed by atoms with E-state index in [0.717, 1.165) is 17.5 Å². The predicted octanol–water partition coefficient (Wildman–Crippen LogP) is 4.26. The molecule has 142 valence electrons. The van der Waals surface area contributed by atoms with Crippen molar-refractivity contribution >= 4 is 40.2 Å². The molecule has 3 rings (SSSR count). The number of carbonyl (C=O) groups is 1. The summed E-state index contributed by atoms with van der Waals surface area (Å²) in [5.41, 5.74) is 4.00. The first-order valence-corrected chi connectivity index (χ1v) is 8.92. The zero-order chi connectivity index (χ0) is 20.3. The maximum absolute atomic E-state index is 11.6. The molecule has 0 saturated carbocycles. The summed E-state index contributed by atoms with van der Waals surface area (Å²) >= 11 is 6.20. The summed E-state index contributed by atoms with van der Waals surface area (Å²) in [5.74, 6) is 0.600. The van der Waals surface area contributed by atoms with Gasteiger partial charge in [0.15, 0.2) is 6.29 Å². The third-order valence-corrected chi connectivity index (χ3v) is 4.70. The van der Waals surface area contributed by atoms with Crippen molar-refractivity contribution in [2.75, 3.05) is 31.4 Å². The Labute approximate surface area is 168 Å². The van der Waals surface area contributed by atoms with Crippen molar-refractivity contribution < 1.29 is 9.53 Å². The first kappa shape index (κ1) is 19.5. The minimum absolute atomic E-state index is 0.423. The average Bonchev–Trinajstić information content (AvgIpc) is 2.70. The summed E-state index contributed by atoms with van der Waals surface area (Å²) in [4.78, 5) is 17.9. The van der Waals surface area contributed by atoms with E-state index in [2.05, 4.69) is 16.4 Å². The number of fused-ring (bicyclic) bond motifs is 1. The van der Waals surface area contributed by atoms with E-state index >= 15 is 0 Å². The Morgan fingerprint density at radius 2 is 2.11 bits per heavy atom. The first-order valence-electron chi connectivity index (χ1n) is 8.54. The third kappa shape index (κ3) is 3.71. The number of halogens is 1. The van der Waals surface area contributed by atoms with Crippen LogP contribution < -0.4 is 15.0 Å². The lowest BCUT2D eigenvalue weighted by Crippen LogP contribution is -2.11. The summed E-state index contributed by atoms with van der Waals surface area (Å²) in [6.07, 6.45) is 2.29. The number of benzene rings is 2. The SMILES string of the molecule is COc1ccc(CNc2c(C=O)cnc3c(N(C)C)cc(C#N)cc23)cc1Cl. The maximum Gasteiger partial charge on any atom is 0.153 e. The predicted molar refractivity (Wildman–Crippen MR) is 112 cm³/mol. The summed E-state index contributed by atoms with van der Waals surface area (Å²) in [5, 5.41) is 13.9. The van der Waals surface area contributed by atoms with Crippen molar-refractivity contribution in [1.82, 2.24) is 4.98 Å². The topological polar surface area (TPSA) is 78.2 Å². The van der Waals surface area contributed by atoms with Crippen LogP contribution in [0.15, 0.2) is 36.5 Å². The van der Waals surface area contributed by atoms with Gasteiger partial charge < -0.3 is 15.0 Å². The van der Waals surface area contributed by atoms with Crippen molar-refractivity contribution in [3.05, 3.63) is 58.2 Å². The molecule has 0 radical (unpaired) electrons. The van der Waals surface area contributed by atoms with Crippen LogP contribution in [0.1, 0.15) is 21.5 Å². The number of nitrogens with one attached hydrogen (secondary N) is 1. The number of carbonyl (C=O) groups excluding carboxylic acids is 1. The monoisotopic (exact) mass is 394 g/mol. The van der Waals surface area contributed by atoms with Crippen molar-refractivity contribution in [3.8, 4) is 11.8 Å². The number of methoxy groups -OCH3 is 1. The zero-order valence-corrected chi connectivity index (χ0v) is 16.5. The van der Waals surface area contributed by atoms with Crippen LogP contribution in [0, 0.1) is 11.3 Å². The minimum atomic E-state index is 0.423. The summed E-state index contributed by atoms with van der Waals surface area (Å²) in [6.45, 7) is 0.442. The van der Waals surface area contributed by atoms with Gasteiger partial charge in [0.2, 0.25) is 0 Å². The fourth-order valence-corrected chi connectivity index (χ4v) is 3.28. The van der Waals surface area contributed by atoms with Crippen LogP contribution in [0.4, 0.5) is 11.4 Å². The van der Waals surface area contributed by atoms with Gasteiger partial charge in [-0.3, -0.25) is 9.78 Å². The van der Waals surface area contributed by atoms with Crippen molar-refractivity contribution in [2.45, 2.75) is 6.54 Å². The molecule has 28 heavy (non-hydrogen) atoms. The molecule has 0 unspecified atom stereocenters. The number of aldehydes is 1. The molecule has 3 aromatic rings. The van der Waals surface area contributed by atoms with Gasteiger partial charge in [0.05, 0.1) is 46.2 Å². The molecule has 0 amide bonds. The molecule has 0 saturated heterocycles. The van der Waals surface area contributed by atoms with Gasteiger partial charge in [0, 0.05) is 32.2 Å². The van der Waals surface area contributed by atoms with Crippen LogP contribution in [0.2, 0.25) is 5.02 Å². The molecule has 2 aromatic carbocycles. The van der Waals surface area contributed by atoms with Crippen molar-refractivity contribution in [1.29, 1.82) is 5.26 Å². The van der Waals surface area contributed by atoms with E-state index < -0.39 is 0 Å². The standard InChI is InChI=1S/C21H19ClN4O2/c1-26(2)18-8-14(9-23)6-16-20(15(12-27)11-25-21(16)18)24-10-13-4-5-19(28-3)17(22)7-13/h4-8,11-12H,10H2,1-3H3,(H,24,25). The molecule has 1 aromatic heterocycles. The number of hydrogen-bond acceptors (Lipinski definition) is 6. The van der Waals surface area contributed by atoms with E-state index in [1.165, 1.54) is 6.20 Å². The normalized spacial score (nSPS) is 10.4. The Kier molecular flexibility index (Phi) is 5.67. The van der Waals surface area contributed by atoms with Crippen molar-refractivity contribution in [3.63, 3.8) is 0 Å². The number of rotatable bonds is 6. The highest BCUT2D eigenvalue weighted by atomic mass is 35.5. The number of aromatic nitrogens is 1. The fourth-order valence-electron chi connectivity index (χ4n) is 3.00. The molecule has 1 N–H and O–H groups in total. The molecule has 6 nitrogen and oxygen atoms in total. The highest BCUT2D eigenvalue weighted by molar-refractivity contribution is 6.32. The van der Waals surface area contributed by atoms with Crippen LogP contribution >= 0.6 is 11.6 Å². The Morgan fingerprint density at radius 3 is 2.71 bits per heavy atom. The molecule has 0 fully saturated rings. The number of nitrogens with zero attached hydrogens (tertiary/aromatic N) is 3. The smallest absolute Gasteiger partial charge is 0.153 e. The van der Waals surface area contributed by atoms with Gasteiger partial charge in [-0.15, -0.1) is 0 Å². The van der Waals surface area contributed by atoms with Crippen LogP contribution in [0.3, 0.4) is 0 Å². The summed E-state index contributed by atoms with van der Waals surface area (Å²) in [6, 6.07) is 11.2. The molecule has 0 aliphatic carbocycles. The van der Waals surface area contributed by atoms with Gasteiger partial charge in [0.25, 0.3) is 0 Å². The lowest BCUT2D eigenvalue weighted by Gasteiger charge is -2.18. The number of pyridine rings is 1. The molecule has 7 heteroatoms. The largest absolute Gasteiger partial charge is 0.495 e. The van der Waals surface area contributed by atoms with E-state index in [1.807, 2.05) is 31.1 Å². The molecule has 1 heterocycles.